The van der Waals surface area contributed by atoms with Crippen LogP contribution < -0.4 is 0 Å². The van der Waals surface area contributed by atoms with Crippen molar-refractivity contribution in [1.82, 2.24) is 14.6 Å². The third-order valence-electron chi connectivity index (χ3n) is 4.35. The van der Waals surface area contributed by atoms with Crippen LogP contribution in [0.2, 0.25) is 0 Å². The number of rotatable bonds is 5. The summed E-state index contributed by atoms with van der Waals surface area (Å²) in [6, 6.07) is 13.9. The average molecular weight is 305 g/mol. The molecule has 3 aromatic rings. The number of nitrogens with zero attached hydrogens (tertiary/aromatic N) is 3. The second-order valence-electron chi connectivity index (χ2n) is 6.18. The predicted octanol–water partition coefficient (Wildman–Crippen LogP) is 3.40. The summed E-state index contributed by atoms with van der Waals surface area (Å²) in [5.41, 5.74) is 4.98. The highest BCUT2D eigenvalue weighted by molar-refractivity contribution is 5.63. The first-order valence-corrected chi connectivity index (χ1v) is 7.97. The molecule has 2 aromatic heterocycles. The van der Waals surface area contributed by atoms with Crippen molar-refractivity contribution < 1.29 is 5.11 Å². The Hall–Kier alpha value is -2.46. The highest BCUT2D eigenvalue weighted by atomic mass is 16.3. The summed E-state index contributed by atoms with van der Waals surface area (Å²) in [7, 11) is 0. The van der Waals surface area contributed by atoms with E-state index in [1.54, 1.807) is 0 Å². The van der Waals surface area contributed by atoms with Crippen LogP contribution in [0.15, 0.2) is 54.6 Å². The van der Waals surface area contributed by atoms with E-state index in [2.05, 4.69) is 16.7 Å². The molecule has 0 bridgehead atoms. The van der Waals surface area contributed by atoms with E-state index in [0.717, 1.165) is 34.7 Å². The van der Waals surface area contributed by atoms with Gasteiger partial charge < -0.3 is 5.11 Å². The molecule has 0 spiro atoms. The fourth-order valence-electron chi connectivity index (χ4n) is 2.91. The van der Waals surface area contributed by atoms with Gasteiger partial charge in [-0.1, -0.05) is 36.4 Å². The van der Waals surface area contributed by atoms with Crippen LogP contribution in [0.4, 0.5) is 0 Å². The molecule has 1 saturated carbocycles. The molecule has 23 heavy (non-hydrogen) atoms. The number of aliphatic hydroxyl groups excluding tert-OH is 1. The third kappa shape index (κ3) is 2.78. The van der Waals surface area contributed by atoms with Gasteiger partial charge in [0.25, 0.3) is 0 Å². The van der Waals surface area contributed by atoms with Gasteiger partial charge in [-0.15, -0.1) is 0 Å². The van der Waals surface area contributed by atoms with Crippen molar-refractivity contribution >= 4 is 5.65 Å². The van der Waals surface area contributed by atoms with Gasteiger partial charge in [-0.3, -0.25) is 0 Å². The Labute approximate surface area is 135 Å². The molecular weight excluding hydrogens is 286 g/mol. The molecule has 0 atom stereocenters. The van der Waals surface area contributed by atoms with E-state index in [4.69, 9.17) is 0 Å². The molecule has 1 fully saturated rings. The Bertz CT molecular complexity index is 877. The molecule has 1 aromatic carbocycles. The molecule has 2 heterocycles. The average Bonchev–Trinajstić information content (AvgIpc) is 3.35. The van der Waals surface area contributed by atoms with Crippen molar-refractivity contribution in [3.63, 3.8) is 0 Å². The van der Waals surface area contributed by atoms with Crippen LogP contribution >= 0.6 is 0 Å². The summed E-state index contributed by atoms with van der Waals surface area (Å²) in [4.78, 5) is 4.63. The van der Waals surface area contributed by atoms with Gasteiger partial charge >= 0.3 is 0 Å². The van der Waals surface area contributed by atoms with E-state index >= 15 is 0 Å². The van der Waals surface area contributed by atoms with Crippen LogP contribution in [0.25, 0.3) is 16.9 Å². The van der Waals surface area contributed by atoms with Crippen LogP contribution in [-0.4, -0.2) is 19.7 Å². The first-order chi connectivity index (χ1) is 11.2. The normalized spacial score (nSPS) is 14.3. The van der Waals surface area contributed by atoms with Gasteiger partial charge in [0.15, 0.2) is 11.5 Å². The zero-order valence-electron chi connectivity index (χ0n) is 12.9. The molecule has 4 nitrogen and oxygen atoms in total. The van der Waals surface area contributed by atoms with Crippen LogP contribution in [-0.2, 0) is 13.0 Å². The fourth-order valence-corrected chi connectivity index (χ4v) is 2.91. The molecular formula is C19H19N3O. The summed E-state index contributed by atoms with van der Waals surface area (Å²) in [6.07, 6.45) is 3.26. The fraction of sp³-hybridized carbons (Fsp3) is 0.263. The molecule has 116 valence electrons. The van der Waals surface area contributed by atoms with Gasteiger partial charge in [0.2, 0.25) is 0 Å². The minimum absolute atomic E-state index is 0.0354. The number of allylic oxidation sites excluding steroid dienone is 1. The molecule has 1 aliphatic rings. The number of benzene rings is 1. The second kappa shape index (κ2) is 5.63. The highest BCUT2D eigenvalue weighted by Crippen LogP contribution is 2.36. The lowest BCUT2D eigenvalue weighted by atomic mass is 10.1. The summed E-state index contributed by atoms with van der Waals surface area (Å²) in [6.45, 7) is 4.20. The van der Waals surface area contributed by atoms with E-state index in [0.29, 0.717) is 5.92 Å². The van der Waals surface area contributed by atoms with Gasteiger partial charge in [0.05, 0.1) is 12.3 Å². The minimum atomic E-state index is 0.0354. The monoisotopic (exact) mass is 305 g/mol. The maximum Gasteiger partial charge on any atom is 0.156 e. The molecule has 4 rings (SSSR count). The summed E-state index contributed by atoms with van der Waals surface area (Å²) in [5, 5.41) is 14.0. The predicted molar refractivity (Wildman–Crippen MR) is 89.9 cm³/mol. The summed E-state index contributed by atoms with van der Waals surface area (Å²) >= 11 is 0. The lowest BCUT2D eigenvalue weighted by molar-refractivity contribution is 0.282. The van der Waals surface area contributed by atoms with Gasteiger partial charge in [-0.2, -0.15) is 5.10 Å². The molecule has 0 saturated heterocycles. The Kier molecular flexibility index (Phi) is 3.46. The maximum atomic E-state index is 9.34. The van der Waals surface area contributed by atoms with Crippen LogP contribution in [0, 0.1) is 5.92 Å². The van der Waals surface area contributed by atoms with Crippen LogP contribution in [0.1, 0.15) is 24.2 Å². The minimum Gasteiger partial charge on any atom is -0.392 e. The third-order valence-corrected chi connectivity index (χ3v) is 4.35. The van der Waals surface area contributed by atoms with Crippen molar-refractivity contribution in [1.29, 1.82) is 0 Å². The quantitative estimate of drug-likeness (QED) is 0.735. The van der Waals surface area contributed by atoms with Crippen molar-refractivity contribution in [2.75, 3.05) is 0 Å². The number of hydrogen-bond donors (Lipinski definition) is 1. The number of hydrogen-bond acceptors (Lipinski definition) is 3. The largest absolute Gasteiger partial charge is 0.392 e. The zero-order valence-corrected chi connectivity index (χ0v) is 12.9. The van der Waals surface area contributed by atoms with E-state index in [1.807, 2.05) is 47.0 Å². The van der Waals surface area contributed by atoms with Gasteiger partial charge in [0.1, 0.15) is 0 Å². The van der Waals surface area contributed by atoms with Crippen molar-refractivity contribution in [2.24, 2.45) is 5.92 Å². The number of aromatic nitrogens is 3. The Morgan fingerprint density at radius 2 is 2.04 bits per heavy atom. The lowest BCUT2D eigenvalue weighted by Gasteiger charge is -2.05. The summed E-state index contributed by atoms with van der Waals surface area (Å²) < 4.78 is 1.88. The second-order valence-corrected chi connectivity index (χ2v) is 6.18. The van der Waals surface area contributed by atoms with E-state index < -0.39 is 0 Å². The first kappa shape index (κ1) is 14.2. The molecule has 1 N–H and O–H groups in total. The molecule has 4 heteroatoms. The topological polar surface area (TPSA) is 50.4 Å². The molecule has 0 radical (unpaired) electrons. The lowest BCUT2D eigenvalue weighted by Crippen LogP contribution is -1.97. The van der Waals surface area contributed by atoms with E-state index in [9.17, 15) is 5.11 Å². The SMILES string of the molecule is C=C(Cc1nc2cccc(-c3cccc(CO)c3)n2n1)C1CC1. The highest BCUT2D eigenvalue weighted by Gasteiger charge is 2.25. The van der Waals surface area contributed by atoms with Crippen molar-refractivity contribution in [2.45, 2.75) is 25.9 Å². The van der Waals surface area contributed by atoms with Crippen LogP contribution in [0.5, 0.6) is 0 Å². The van der Waals surface area contributed by atoms with Gasteiger partial charge in [-0.05, 0) is 42.5 Å². The van der Waals surface area contributed by atoms with E-state index in [-0.39, 0.29) is 6.61 Å². The van der Waals surface area contributed by atoms with Crippen molar-refractivity contribution in [3.8, 4) is 11.3 Å². The Balaban J connectivity index is 1.74. The van der Waals surface area contributed by atoms with Gasteiger partial charge in [0, 0.05) is 12.0 Å². The molecule has 0 aliphatic heterocycles. The first-order valence-electron chi connectivity index (χ1n) is 7.97. The Morgan fingerprint density at radius 1 is 1.22 bits per heavy atom. The maximum absolute atomic E-state index is 9.34. The molecule has 0 unspecified atom stereocenters. The number of pyridine rings is 1. The van der Waals surface area contributed by atoms with Gasteiger partial charge in [-0.25, -0.2) is 9.50 Å². The van der Waals surface area contributed by atoms with Crippen molar-refractivity contribution in [3.05, 3.63) is 66.0 Å². The smallest absolute Gasteiger partial charge is 0.156 e. The summed E-state index contributed by atoms with van der Waals surface area (Å²) in [5.74, 6) is 1.50. The van der Waals surface area contributed by atoms with E-state index in [1.165, 1.54) is 18.4 Å². The van der Waals surface area contributed by atoms with Crippen LogP contribution in [0.3, 0.4) is 0 Å². The standard InChI is InChI=1S/C19H19N3O/c1-13(15-8-9-15)10-18-20-19-7-3-6-17(22(19)21-18)16-5-2-4-14(11-16)12-23/h2-7,11,15,23H,1,8-10,12H2. The molecule has 1 aliphatic carbocycles. The molecule has 0 amide bonds. The number of aliphatic hydroxyl groups is 1. The Morgan fingerprint density at radius 3 is 2.83 bits per heavy atom. The number of fused-ring (bicyclic) bond motifs is 1. The zero-order chi connectivity index (χ0) is 15.8.